The smallest absolute Gasteiger partial charge is 0.255 e. The second-order valence-corrected chi connectivity index (χ2v) is 5.08. The van der Waals surface area contributed by atoms with Gasteiger partial charge in [-0.2, -0.15) is 0 Å². The van der Waals surface area contributed by atoms with E-state index in [1.807, 2.05) is 29.1 Å². The lowest BCUT2D eigenvalue weighted by Gasteiger charge is -2.08. The SMILES string of the molecule is O=C(NCCn1cccc1)c1cc(I)ccc1O. The Morgan fingerprint density at radius 2 is 2.06 bits per heavy atom. The molecular weight excluding hydrogens is 343 g/mol. The lowest BCUT2D eigenvalue weighted by Crippen LogP contribution is -2.27. The highest BCUT2D eigenvalue weighted by atomic mass is 127. The molecule has 0 saturated carbocycles. The number of aromatic nitrogens is 1. The van der Waals surface area contributed by atoms with Crippen molar-refractivity contribution < 1.29 is 9.90 Å². The van der Waals surface area contributed by atoms with Gasteiger partial charge in [0.1, 0.15) is 5.75 Å². The van der Waals surface area contributed by atoms with E-state index >= 15 is 0 Å². The maximum absolute atomic E-state index is 11.9. The first kappa shape index (κ1) is 12.9. The van der Waals surface area contributed by atoms with Crippen LogP contribution in [-0.2, 0) is 6.54 Å². The van der Waals surface area contributed by atoms with E-state index in [9.17, 15) is 9.90 Å². The molecule has 94 valence electrons. The van der Waals surface area contributed by atoms with Gasteiger partial charge in [-0.25, -0.2) is 0 Å². The van der Waals surface area contributed by atoms with E-state index in [1.165, 1.54) is 6.07 Å². The molecular formula is C13H13IN2O2. The Kier molecular flexibility index (Phi) is 4.24. The summed E-state index contributed by atoms with van der Waals surface area (Å²) in [6.45, 7) is 1.24. The minimum Gasteiger partial charge on any atom is -0.507 e. The fourth-order valence-corrected chi connectivity index (χ4v) is 2.09. The number of nitrogens with zero attached hydrogens (tertiary/aromatic N) is 1. The number of halogens is 1. The van der Waals surface area contributed by atoms with Gasteiger partial charge < -0.3 is 15.0 Å². The van der Waals surface area contributed by atoms with Crippen molar-refractivity contribution in [1.82, 2.24) is 9.88 Å². The monoisotopic (exact) mass is 356 g/mol. The molecule has 0 unspecified atom stereocenters. The number of hydrogen-bond donors (Lipinski definition) is 2. The number of nitrogens with one attached hydrogen (secondary N) is 1. The molecule has 0 fully saturated rings. The van der Waals surface area contributed by atoms with Gasteiger partial charge in [0.25, 0.3) is 5.91 Å². The Morgan fingerprint density at radius 1 is 1.33 bits per heavy atom. The Hall–Kier alpha value is -1.50. The van der Waals surface area contributed by atoms with Gasteiger partial charge in [0.2, 0.25) is 0 Å². The molecule has 1 amide bonds. The summed E-state index contributed by atoms with van der Waals surface area (Å²) < 4.78 is 2.90. The highest BCUT2D eigenvalue weighted by Crippen LogP contribution is 2.19. The van der Waals surface area contributed by atoms with E-state index in [2.05, 4.69) is 27.9 Å². The Balaban J connectivity index is 1.93. The molecule has 1 heterocycles. The number of benzene rings is 1. The van der Waals surface area contributed by atoms with Gasteiger partial charge in [0.15, 0.2) is 0 Å². The van der Waals surface area contributed by atoms with Gasteiger partial charge in [-0.3, -0.25) is 4.79 Å². The molecule has 2 rings (SSSR count). The van der Waals surface area contributed by atoms with Gasteiger partial charge in [-0.1, -0.05) is 0 Å². The Morgan fingerprint density at radius 3 is 2.78 bits per heavy atom. The molecule has 1 aromatic carbocycles. The maximum atomic E-state index is 11.9. The molecule has 2 aromatic rings. The van der Waals surface area contributed by atoms with Crippen molar-refractivity contribution in [1.29, 1.82) is 0 Å². The molecule has 0 bridgehead atoms. The Bertz CT molecular complexity index is 538. The zero-order valence-electron chi connectivity index (χ0n) is 9.64. The molecule has 0 aliphatic carbocycles. The van der Waals surface area contributed by atoms with Crippen LogP contribution in [0.25, 0.3) is 0 Å². The standard InChI is InChI=1S/C13H13IN2O2/c14-10-3-4-12(17)11(9-10)13(18)15-5-8-16-6-1-2-7-16/h1-4,6-7,9,17H,5,8H2,(H,15,18). The van der Waals surface area contributed by atoms with Gasteiger partial charge in [-0.05, 0) is 52.9 Å². The van der Waals surface area contributed by atoms with Crippen LogP contribution in [0.15, 0.2) is 42.7 Å². The summed E-state index contributed by atoms with van der Waals surface area (Å²) in [7, 11) is 0. The van der Waals surface area contributed by atoms with Crippen molar-refractivity contribution in [2.45, 2.75) is 6.54 Å². The lowest BCUT2D eigenvalue weighted by molar-refractivity contribution is 0.0949. The minimum absolute atomic E-state index is 0.00822. The molecule has 0 atom stereocenters. The number of phenols is 1. The molecule has 1 aromatic heterocycles. The maximum Gasteiger partial charge on any atom is 0.255 e. The van der Waals surface area contributed by atoms with E-state index in [1.54, 1.807) is 12.1 Å². The molecule has 4 nitrogen and oxygen atoms in total. The minimum atomic E-state index is -0.252. The van der Waals surface area contributed by atoms with Gasteiger partial charge in [0, 0.05) is 29.1 Å². The van der Waals surface area contributed by atoms with Crippen molar-refractivity contribution in [3.8, 4) is 5.75 Å². The molecule has 0 aliphatic heterocycles. The van der Waals surface area contributed by atoms with E-state index in [-0.39, 0.29) is 11.7 Å². The van der Waals surface area contributed by atoms with Crippen LogP contribution in [0.2, 0.25) is 0 Å². The van der Waals surface area contributed by atoms with Gasteiger partial charge in [-0.15, -0.1) is 0 Å². The quantitative estimate of drug-likeness (QED) is 0.826. The van der Waals surface area contributed by atoms with Crippen molar-refractivity contribution in [2.75, 3.05) is 6.54 Å². The van der Waals surface area contributed by atoms with E-state index in [0.29, 0.717) is 18.7 Å². The number of carbonyl (C=O) groups excluding carboxylic acids is 1. The summed E-state index contributed by atoms with van der Waals surface area (Å²) in [6.07, 6.45) is 3.88. The highest BCUT2D eigenvalue weighted by Gasteiger charge is 2.10. The summed E-state index contributed by atoms with van der Waals surface area (Å²) >= 11 is 2.11. The zero-order chi connectivity index (χ0) is 13.0. The molecule has 2 N–H and O–H groups in total. The van der Waals surface area contributed by atoms with Gasteiger partial charge in [0.05, 0.1) is 5.56 Å². The summed E-state index contributed by atoms with van der Waals surface area (Å²) in [5, 5.41) is 12.4. The summed E-state index contributed by atoms with van der Waals surface area (Å²) in [6, 6.07) is 8.83. The molecule has 0 aliphatic rings. The third kappa shape index (κ3) is 3.25. The number of amides is 1. The number of phenolic OH excluding ortho intramolecular Hbond substituents is 1. The molecule has 18 heavy (non-hydrogen) atoms. The predicted octanol–water partition coefficient (Wildman–Crippen LogP) is 2.23. The normalized spacial score (nSPS) is 10.3. The lowest BCUT2D eigenvalue weighted by atomic mass is 10.2. The second kappa shape index (κ2) is 5.90. The first-order valence-corrected chi connectivity index (χ1v) is 6.62. The number of hydrogen-bond acceptors (Lipinski definition) is 2. The Labute approximate surface area is 119 Å². The topological polar surface area (TPSA) is 54.3 Å². The largest absolute Gasteiger partial charge is 0.507 e. The molecule has 0 spiro atoms. The van der Waals surface area contributed by atoms with Crippen molar-refractivity contribution >= 4 is 28.5 Å². The fourth-order valence-electron chi connectivity index (χ4n) is 1.60. The summed E-state index contributed by atoms with van der Waals surface area (Å²) in [4.78, 5) is 11.9. The van der Waals surface area contributed by atoms with Crippen molar-refractivity contribution in [3.05, 3.63) is 51.9 Å². The average Bonchev–Trinajstić information content (AvgIpc) is 2.85. The summed E-state index contributed by atoms with van der Waals surface area (Å²) in [5.41, 5.74) is 0.314. The third-order valence-electron chi connectivity index (χ3n) is 2.52. The number of aromatic hydroxyl groups is 1. The molecule has 0 saturated heterocycles. The zero-order valence-corrected chi connectivity index (χ0v) is 11.8. The third-order valence-corrected chi connectivity index (χ3v) is 3.20. The molecule has 0 radical (unpaired) electrons. The van der Waals surface area contributed by atoms with Crippen LogP contribution in [0.3, 0.4) is 0 Å². The van der Waals surface area contributed by atoms with E-state index in [4.69, 9.17) is 0 Å². The second-order valence-electron chi connectivity index (χ2n) is 3.84. The van der Waals surface area contributed by atoms with Crippen LogP contribution in [0.5, 0.6) is 5.75 Å². The average molecular weight is 356 g/mol. The van der Waals surface area contributed by atoms with Crippen LogP contribution in [-0.4, -0.2) is 22.1 Å². The van der Waals surface area contributed by atoms with Crippen LogP contribution >= 0.6 is 22.6 Å². The van der Waals surface area contributed by atoms with Crippen molar-refractivity contribution in [2.24, 2.45) is 0 Å². The van der Waals surface area contributed by atoms with Gasteiger partial charge >= 0.3 is 0 Å². The van der Waals surface area contributed by atoms with E-state index < -0.39 is 0 Å². The number of rotatable bonds is 4. The van der Waals surface area contributed by atoms with Crippen LogP contribution < -0.4 is 5.32 Å². The predicted molar refractivity (Wildman–Crippen MR) is 77.6 cm³/mol. The number of carbonyl (C=O) groups is 1. The fraction of sp³-hybridized carbons (Fsp3) is 0.154. The molecule has 5 heteroatoms. The van der Waals surface area contributed by atoms with Crippen LogP contribution in [0.4, 0.5) is 0 Å². The van der Waals surface area contributed by atoms with Crippen LogP contribution in [0.1, 0.15) is 10.4 Å². The first-order chi connectivity index (χ1) is 8.66. The van der Waals surface area contributed by atoms with Crippen LogP contribution in [0, 0.1) is 3.57 Å². The summed E-state index contributed by atoms with van der Waals surface area (Å²) in [5.74, 6) is -0.243. The van der Waals surface area contributed by atoms with E-state index in [0.717, 1.165) is 3.57 Å². The first-order valence-electron chi connectivity index (χ1n) is 5.54. The highest BCUT2D eigenvalue weighted by molar-refractivity contribution is 14.1. The van der Waals surface area contributed by atoms with Crippen molar-refractivity contribution in [3.63, 3.8) is 0 Å².